The first kappa shape index (κ1) is 10.4. The van der Waals surface area contributed by atoms with E-state index < -0.39 is 4.92 Å². The number of carbonyl (C=O) groups is 1. The van der Waals surface area contributed by atoms with Crippen LogP contribution >= 0.6 is 11.3 Å². The molecule has 5 nitrogen and oxygen atoms in total. The molecule has 2 rings (SSSR count). The second-order valence-corrected chi connectivity index (χ2v) is 3.87. The zero-order valence-electron chi connectivity index (χ0n) is 7.99. The number of nitro groups is 1. The zero-order chi connectivity index (χ0) is 11.5. The second-order valence-electron chi connectivity index (χ2n) is 2.95. The molecular weight excluding hydrogens is 228 g/mol. The van der Waals surface area contributed by atoms with Gasteiger partial charge in [0.2, 0.25) is 0 Å². The minimum absolute atomic E-state index is 0.0898. The van der Waals surface area contributed by atoms with Crippen molar-refractivity contribution in [2.24, 2.45) is 0 Å². The zero-order valence-corrected chi connectivity index (χ0v) is 8.81. The van der Waals surface area contributed by atoms with Crippen molar-refractivity contribution in [1.82, 2.24) is 4.98 Å². The van der Waals surface area contributed by atoms with Crippen LogP contribution in [0.4, 0.5) is 5.69 Å². The lowest BCUT2D eigenvalue weighted by Gasteiger charge is -1.99. The van der Waals surface area contributed by atoms with Gasteiger partial charge in [0.1, 0.15) is 0 Å². The molecule has 0 bridgehead atoms. The predicted octanol–water partition coefficient (Wildman–Crippen LogP) is 2.53. The minimum atomic E-state index is -0.503. The van der Waals surface area contributed by atoms with Gasteiger partial charge in [-0.2, -0.15) is 0 Å². The summed E-state index contributed by atoms with van der Waals surface area (Å²) in [7, 11) is 0. The first-order valence-electron chi connectivity index (χ1n) is 4.36. The number of hydrogen-bond donors (Lipinski definition) is 0. The summed E-state index contributed by atoms with van der Waals surface area (Å²) in [5, 5.41) is 12.5. The van der Waals surface area contributed by atoms with Crippen LogP contribution in [0.15, 0.2) is 29.8 Å². The maximum atomic E-state index is 10.8. The Kier molecular flexibility index (Phi) is 2.74. The standard InChI is InChI=1S/C10H6N2O3S/c13-6-7-3-5-16-10(7)9-8(12(14)15)2-1-4-11-9/h1-6H. The molecule has 0 aliphatic carbocycles. The van der Waals surface area contributed by atoms with Crippen molar-refractivity contribution in [2.45, 2.75) is 0 Å². The number of rotatable bonds is 3. The van der Waals surface area contributed by atoms with Crippen molar-refractivity contribution in [1.29, 1.82) is 0 Å². The highest BCUT2D eigenvalue weighted by atomic mass is 32.1. The Bertz CT molecular complexity index is 551. The smallest absolute Gasteiger partial charge is 0.296 e. The van der Waals surface area contributed by atoms with E-state index in [4.69, 9.17) is 0 Å². The van der Waals surface area contributed by atoms with Gasteiger partial charge in [0.25, 0.3) is 5.69 Å². The van der Waals surface area contributed by atoms with Crippen LogP contribution in [0.25, 0.3) is 10.6 Å². The van der Waals surface area contributed by atoms with E-state index >= 15 is 0 Å². The summed E-state index contributed by atoms with van der Waals surface area (Å²) in [5.74, 6) is 0. The minimum Gasteiger partial charge on any atom is -0.298 e. The molecule has 6 heteroatoms. The van der Waals surface area contributed by atoms with Crippen LogP contribution in [0.3, 0.4) is 0 Å². The van der Waals surface area contributed by atoms with Crippen LogP contribution < -0.4 is 0 Å². The van der Waals surface area contributed by atoms with Crippen molar-refractivity contribution in [3.63, 3.8) is 0 Å². The molecule has 0 fully saturated rings. The fraction of sp³-hybridized carbons (Fsp3) is 0. The van der Waals surface area contributed by atoms with Gasteiger partial charge in [-0.1, -0.05) is 0 Å². The maximum absolute atomic E-state index is 10.8. The molecule has 2 aromatic heterocycles. The highest BCUT2D eigenvalue weighted by Gasteiger charge is 2.19. The van der Waals surface area contributed by atoms with Crippen LogP contribution in [0.1, 0.15) is 10.4 Å². The lowest BCUT2D eigenvalue weighted by atomic mass is 10.2. The molecule has 2 heterocycles. The Hall–Kier alpha value is -2.08. The molecule has 0 N–H and O–H groups in total. The number of pyridine rings is 1. The fourth-order valence-electron chi connectivity index (χ4n) is 1.32. The predicted molar refractivity (Wildman–Crippen MR) is 59.6 cm³/mol. The van der Waals surface area contributed by atoms with Crippen LogP contribution in [0.5, 0.6) is 0 Å². The van der Waals surface area contributed by atoms with E-state index in [0.717, 1.165) is 0 Å². The summed E-state index contributed by atoms with van der Waals surface area (Å²) >= 11 is 1.26. The van der Waals surface area contributed by atoms with E-state index in [2.05, 4.69) is 4.98 Å². The summed E-state index contributed by atoms with van der Waals surface area (Å²) < 4.78 is 0. The number of nitrogens with zero attached hydrogens (tertiary/aromatic N) is 2. The number of carbonyl (C=O) groups excluding carboxylic acids is 1. The molecule has 0 radical (unpaired) electrons. The summed E-state index contributed by atoms with van der Waals surface area (Å²) in [6.45, 7) is 0. The van der Waals surface area contributed by atoms with E-state index in [-0.39, 0.29) is 11.4 Å². The third kappa shape index (κ3) is 1.70. The van der Waals surface area contributed by atoms with Crippen LogP contribution in [0.2, 0.25) is 0 Å². The molecule has 0 unspecified atom stereocenters. The number of hydrogen-bond acceptors (Lipinski definition) is 5. The maximum Gasteiger partial charge on any atom is 0.296 e. The third-order valence-corrected chi connectivity index (χ3v) is 2.96. The van der Waals surface area contributed by atoms with Crippen LogP contribution in [-0.4, -0.2) is 16.2 Å². The van der Waals surface area contributed by atoms with Crippen molar-refractivity contribution in [3.8, 4) is 10.6 Å². The molecule has 16 heavy (non-hydrogen) atoms. The van der Waals surface area contributed by atoms with E-state index in [0.29, 0.717) is 16.7 Å². The second kappa shape index (κ2) is 4.19. The van der Waals surface area contributed by atoms with Gasteiger partial charge >= 0.3 is 0 Å². The molecule has 0 aliphatic rings. The average Bonchev–Trinajstić information content (AvgIpc) is 2.76. The highest BCUT2D eigenvalue weighted by molar-refractivity contribution is 7.14. The Labute approximate surface area is 94.5 Å². The molecule has 0 saturated carbocycles. The Morgan fingerprint density at radius 2 is 2.25 bits per heavy atom. The van der Waals surface area contributed by atoms with Gasteiger partial charge in [0.15, 0.2) is 12.0 Å². The van der Waals surface area contributed by atoms with Gasteiger partial charge in [-0.15, -0.1) is 11.3 Å². The SMILES string of the molecule is O=Cc1ccsc1-c1ncccc1[N+](=O)[O-]. The fourth-order valence-corrected chi connectivity index (χ4v) is 2.20. The molecule has 2 aromatic rings. The largest absolute Gasteiger partial charge is 0.298 e. The van der Waals surface area contributed by atoms with Gasteiger partial charge in [-0.3, -0.25) is 14.9 Å². The van der Waals surface area contributed by atoms with Crippen molar-refractivity contribution < 1.29 is 9.72 Å². The third-order valence-electron chi connectivity index (χ3n) is 2.02. The summed E-state index contributed by atoms with van der Waals surface area (Å²) in [6, 6.07) is 4.48. The van der Waals surface area contributed by atoms with E-state index in [9.17, 15) is 14.9 Å². The van der Waals surface area contributed by atoms with Gasteiger partial charge in [0.05, 0.1) is 9.80 Å². The molecule has 0 spiro atoms. The van der Waals surface area contributed by atoms with E-state index in [1.807, 2.05) is 0 Å². The molecule has 0 saturated heterocycles. The van der Waals surface area contributed by atoms with Crippen LogP contribution in [-0.2, 0) is 0 Å². The molecule has 80 valence electrons. The molecule has 0 amide bonds. The number of thiophene rings is 1. The lowest BCUT2D eigenvalue weighted by Crippen LogP contribution is -1.94. The summed E-state index contributed by atoms with van der Waals surface area (Å²) in [6.07, 6.45) is 2.14. The van der Waals surface area contributed by atoms with Crippen LogP contribution in [0, 0.1) is 10.1 Å². The Balaban J connectivity index is 2.64. The normalized spacial score (nSPS) is 10.0. The van der Waals surface area contributed by atoms with Gasteiger partial charge < -0.3 is 0 Å². The molecular formula is C10H6N2O3S. The van der Waals surface area contributed by atoms with Gasteiger partial charge in [0, 0.05) is 17.8 Å². The molecule has 0 atom stereocenters. The Morgan fingerprint density at radius 1 is 1.44 bits per heavy atom. The topological polar surface area (TPSA) is 73.1 Å². The quantitative estimate of drug-likeness (QED) is 0.464. The first-order valence-corrected chi connectivity index (χ1v) is 5.24. The van der Waals surface area contributed by atoms with E-state index in [1.165, 1.54) is 29.7 Å². The van der Waals surface area contributed by atoms with Gasteiger partial charge in [-0.05, 0) is 17.5 Å². The van der Waals surface area contributed by atoms with Gasteiger partial charge in [-0.25, -0.2) is 4.98 Å². The molecule has 0 aliphatic heterocycles. The number of aromatic nitrogens is 1. The Morgan fingerprint density at radius 3 is 2.94 bits per heavy atom. The van der Waals surface area contributed by atoms with E-state index in [1.54, 1.807) is 11.4 Å². The summed E-state index contributed by atoms with van der Waals surface area (Å²) in [5.41, 5.74) is 0.574. The lowest BCUT2D eigenvalue weighted by molar-refractivity contribution is -0.384. The van der Waals surface area contributed by atoms with Crippen molar-refractivity contribution in [3.05, 3.63) is 45.5 Å². The van der Waals surface area contributed by atoms with Crippen molar-refractivity contribution >= 4 is 23.3 Å². The monoisotopic (exact) mass is 234 g/mol. The summed E-state index contributed by atoms with van der Waals surface area (Å²) in [4.78, 5) is 25.5. The van der Waals surface area contributed by atoms with Crippen molar-refractivity contribution in [2.75, 3.05) is 0 Å². The highest BCUT2D eigenvalue weighted by Crippen LogP contribution is 2.33. The average molecular weight is 234 g/mol. The first-order chi connectivity index (χ1) is 7.74. The number of aldehydes is 1. The molecule has 0 aromatic carbocycles.